The predicted molar refractivity (Wildman–Crippen MR) is 77.3 cm³/mol. The first kappa shape index (κ1) is 16.7. The van der Waals surface area contributed by atoms with E-state index in [1.807, 2.05) is 30.3 Å². The minimum absolute atomic E-state index is 0.0235. The zero-order chi connectivity index (χ0) is 15.8. The fourth-order valence-corrected chi connectivity index (χ4v) is 1.68. The predicted octanol–water partition coefficient (Wildman–Crippen LogP) is 0.885. The van der Waals surface area contributed by atoms with E-state index in [0.29, 0.717) is 0 Å². The van der Waals surface area contributed by atoms with Gasteiger partial charge >= 0.3 is 5.97 Å². The molecule has 2 amide bonds. The van der Waals surface area contributed by atoms with Crippen molar-refractivity contribution in [3.63, 3.8) is 0 Å². The molecule has 6 heteroatoms. The van der Waals surface area contributed by atoms with Crippen molar-refractivity contribution < 1.29 is 19.1 Å². The fourth-order valence-electron chi connectivity index (χ4n) is 1.68. The first-order valence-corrected chi connectivity index (χ1v) is 6.58. The molecule has 0 saturated carbocycles. The Hall–Kier alpha value is -2.37. The zero-order valence-corrected chi connectivity index (χ0v) is 12.5. The molecule has 6 nitrogen and oxygen atoms in total. The number of carbonyl (C=O) groups is 3. The molecule has 0 aliphatic heterocycles. The molecule has 1 aromatic rings. The van der Waals surface area contributed by atoms with E-state index in [-0.39, 0.29) is 24.8 Å². The van der Waals surface area contributed by atoms with Gasteiger partial charge in [0.1, 0.15) is 0 Å². The number of rotatable bonds is 6. The summed E-state index contributed by atoms with van der Waals surface area (Å²) < 4.78 is 4.92. The van der Waals surface area contributed by atoms with Gasteiger partial charge in [0.25, 0.3) is 5.91 Å². The van der Waals surface area contributed by atoms with Crippen LogP contribution in [-0.4, -0.2) is 43.4 Å². The molecule has 1 aromatic carbocycles. The van der Waals surface area contributed by atoms with Crippen molar-refractivity contribution in [2.45, 2.75) is 19.4 Å². The highest BCUT2D eigenvalue weighted by molar-refractivity contribution is 5.81. The lowest BCUT2D eigenvalue weighted by Gasteiger charge is -2.18. The van der Waals surface area contributed by atoms with Crippen LogP contribution in [0.3, 0.4) is 0 Å². The maximum Gasteiger partial charge on any atom is 0.308 e. The maximum absolute atomic E-state index is 11.8. The van der Waals surface area contributed by atoms with Gasteiger partial charge in [-0.1, -0.05) is 30.3 Å². The first-order chi connectivity index (χ1) is 9.90. The van der Waals surface area contributed by atoms with E-state index in [1.165, 1.54) is 11.8 Å². The third kappa shape index (κ3) is 6.07. The molecule has 0 bridgehead atoms. The summed E-state index contributed by atoms with van der Waals surface area (Å²) in [6, 6.07) is 8.67. The van der Waals surface area contributed by atoms with Crippen LogP contribution in [0.15, 0.2) is 30.3 Å². The second-order valence-corrected chi connectivity index (χ2v) is 4.82. The molecular weight excluding hydrogens is 272 g/mol. The van der Waals surface area contributed by atoms with Crippen LogP contribution in [0.5, 0.6) is 0 Å². The molecule has 0 radical (unpaired) electrons. The highest BCUT2D eigenvalue weighted by atomic mass is 16.5. The van der Waals surface area contributed by atoms with Gasteiger partial charge in [-0.15, -0.1) is 0 Å². The van der Waals surface area contributed by atoms with Crippen LogP contribution in [0.1, 0.15) is 24.9 Å². The lowest BCUT2D eigenvalue weighted by Crippen LogP contribution is -2.31. The average molecular weight is 292 g/mol. The quantitative estimate of drug-likeness (QED) is 0.790. The van der Waals surface area contributed by atoms with Gasteiger partial charge in [-0.05, 0) is 5.56 Å². The number of nitrogens with zero attached hydrogens (tertiary/aromatic N) is 1. The molecule has 1 atom stereocenters. The molecule has 0 fully saturated rings. The number of esters is 1. The summed E-state index contributed by atoms with van der Waals surface area (Å²) in [5, 5.41) is 2.70. The number of hydrogen-bond donors (Lipinski definition) is 1. The van der Waals surface area contributed by atoms with E-state index in [2.05, 4.69) is 5.32 Å². The molecule has 0 spiro atoms. The van der Waals surface area contributed by atoms with Crippen LogP contribution < -0.4 is 5.32 Å². The zero-order valence-electron chi connectivity index (χ0n) is 12.5. The molecule has 0 aliphatic rings. The Balaban J connectivity index is 2.63. The first-order valence-electron chi connectivity index (χ1n) is 6.58. The van der Waals surface area contributed by atoms with E-state index in [9.17, 15) is 14.4 Å². The van der Waals surface area contributed by atoms with E-state index >= 15 is 0 Å². The summed E-state index contributed by atoms with van der Waals surface area (Å²) in [4.78, 5) is 35.7. The number of benzene rings is 1. The van der Waals surface area contributed by atoms with Gasteiger partial charge < -0.3 is 15.0 Å². The number of nitrogens with one attached hydrogen (secondary N) is 1. The third-order valence-corrected chi connectivity index (χ3v) is 2.81. The van der Waals surface area contributed by atoms with Crippen LogP contribution in [0.2, 0.25) is 0 Å². The standard InChI is InChI=1S/C15H20N2O4/c1-11(18)16-13(12-7-5-4-6-8-12)9-15(20)21-10-14(19)17(2)3/h4-8,13H,9-10H2,1-3H3,(H,16,18)/t13-/m1/s1. The Morgan fingerprint density at radius 2 is 1.81 bits per heavy atom. The van der Waals surface area contributed by atoms with Gasteiger partial charge in [0.15, 0.2) is 6.61 Å². The fraction of sp³-hybridized carbons (Fsp3) is 0.400. The Morgan fingerprint density at radius 1 is 1.19 bits per heavy atom. The van der Waals surface area contributed by atoms with Crippen LogP contribution >= 0.6 is 0 Å². The number of hydrogen-bond acceptors (Lipinski definition) is 4. The van der Waals surface area contributed by atoms with Crippen molar-refractivity contribution in [2.24, 2.45) is 0 Å². The van der Waals surface area contributed by atoms with Gasteiger partial charge in [0.05, 0.1) is 12.5 Å². The third-order valence-electron chi connectivity index (χ3n) is 2.81. The summed E-state index contributed by atoms with van der Waals surface area (Å²) in [5.41, 5.74) is 0.809. The smallest absolute Gasteiger partial charge is 0.308 e. The Bertz CT molecular complexity index is 500. The molecule has 0 aromatic heterocycles. The summed E-state index contributed by atoms with van der Waals surface area (Å²) in [6.07, 6.45) is -0.0235. The van der Waals surface area contributed by atoms with Crippen LogP contribution in [0, 0.1) is 0 Å². The molecule has 114 valence electrons. The van der Waals surface area contributed by atoms with Crippen molar-refractivity contribution in [1.29, 1.82) is 0 Å². The molecule has 0 aliphatic carbocycles. The van der Waals surface area contributed by atoms with Crippen molar-refractivity contribution in [3.05, 3.63) is 35.9 Å². The number of carbonyl (C=O) groups excluding carboxylic acids is 3. The number of amides is 2. The molecule has 0 unspecified atom stereocenters. The monoisotopic (exact) mass is 292 g/mol. The lowest BCUT2D eigenvalue weighted by molar-refractivity contribution is -0.151. The second kappa shape index (κ2) is 8.04. The molecule has 21 heavy (non-hydrogen) atoms. The maximum atomic E-state index is 11.8. The van der Waals surface area contributed by atoms with Crippen molar-refractivity contribution in [2.75, 3.05) is 20.7 Å². The SMILES string of the molecule is CC(=O)N[C@H](CC(=O)OCC(=O)N(C)C)c1ccccc1. The van der Waals surface area contributed by atoms with Gasteiger partial charge in [-0.3, -0.25) is 14.4 Å². The molecule has 1 N–H and O–H groups in total. The number of ether oxygens (including phenoxy) is 1. The van der Waals surface area contributed by atoms with Crippen LogP contribution in [0.25, 0.3) is 0 Å². The lowest BCUT2D eigenvalue weighted by atomic mass is 10.0. The van der Waals surface area contributed by atoms with Gasteiger partial charge in [-0.25, -0.2) is 0 Å². The van der Waals surface area contributed by atoms with Crippen molar-refractivity contribution in [3.8, 4) is 0 Å². The van der Waals surface area contributed by atoms with E-state index in [1.54, 1.807) is 14.1 Å². The number of likely N-dealkylation sites (N-methyl/N-ethyl adjacent to an activating group) is 1. The largest absolute Gasteiger partial charge is 0.455 e. The van der Waals surface area contributed by atoms with Crippen LogP contribution in [-0.2, 0) is 19.1 Å². The minimum Gasteiger partial charge on any atom is -0.455 e. The highest BCUT2D eigenvalue weighted by Crippen LogP contribution is 2.17. The van der Waals surface area contributed by atoms with Crippen molar-refractivity contribution in [1.82, 2.24) is 10.2 Å². The second-order valence-electron chi connectivity index (χ2n) is 4.82. The molecular formula is C15H20N2O4. The summed E-state index contributed by atoms with van der Waals surface area (Å²) >= 11 is 0. The Labute approximate surface area is 124 Å². The van der Waals surface area contributed by atoms with Gasteiger partial charge in [0.2, 0.25) is 5.91 Å². The molecule has 1 rings (SSSR count). The van der Waals surface area contributed by atoms with E-state index < -0.39 is 12.0 Å². The highest BCUT2D eigenvalue weighted by Gasteiger charge is 2.18. The summed E-state index contributed by atoms with van der Waals surface area (Å²) in [5.74, 6) is -1.06. The van der Waals surface area contributed by atoms with Gasteiger partial charge in [0, 0.05) is 21.0 Å². The normalized spacial score (nSPS) is 11.4. The molecule has 0 saturated heterocycles. The van der Waals surface area contributed by atoms with Crippen LogP contribution in [0.4, 0.5) is 0 Å². The summed E-state index contributed by atoms with van der Waals surface area (Å²) in [6.45, 7) is 1.09. The van der Waals surface area contributed by atoms with E-state index in [4.69, 9.17) is 4.74 Å². The Morgan fingerprint density at radius 3 is 2.33 bits per heavy atom. The molecule has 0 heterocycles. The minimum atomic E-state index is -0.534. The van der Waals surface area contributed by atoms with Crippen molar-refractivity contribution >= 4 is 17.8 Å². The summed E-state index contributed by atoms with van der Waals surface area (Å²) in [7, 11) is 3.17. The topological polar surface area (TPSA) is 75.7 Å². The van der Waals surface area contributed by atoms with E-state index in [0.717, 1.165) is 5.56 Å². The Kier molecular flexibility index (Phi) is 6.39. The van der Waals surface area contributed by atoms with Gasteiger partial charge in [-0.2, -0.15) is 0 Å². The average Bonchev–Trinajstić information content (AvgIpc) is 2.44.